The number of aromatic nitrogens is 3. The van der Waals surface area contributed by atoms with Crippen LogP contribution in [0.4, 0.5) is 13.6 Å². The number of halogens is 2. The van der Waals surface area contributed by atoms with Crippen LogP contribution in [0.25, 0.3) is 10.3 Å². The minimum atomic E-state index is -2.79. The van der Waals surface area contributed by atoms with Crippen molar-refractivity contribution in [2.75, 3.05) is 20.8 Å². The smallest absolute Gasteiger partial charge is 0.410 e. The number of fused-ring (bicyclic) bond motifs is 1. The van der Waals surface area contributed by atoms with E-state index in [1.165, 1.54) is 23.0 Å². The molecule has 2 aromatic carbocycles. The normalized spacial score (nSPS) is 18.2. The molecule has 1 saturated carbocycles. The van der Waals surface area contributed by atoms with Gasteiger partial charge < -0.3 is 14.2 Å². The van der Waals surface area contributed by atoms with Crippen LogP contribution in [-0.4, -0.2) is 52.2 Å². The molecule has 0 spiro atoms. The van der Waals surface area contributed by atoms with Crippen LogP contribution >= 0.6 is 11.3 Å². The zero-order valence-electron chi connectivity index (χ0n) is 23.2. The summed E-state index contributed by atoms with van der Waals surface area (Å²) in [7, 11) is 3.06. The summed E-state index contributed by atoms with van der Waals surface area (Å²) in [4.78, 5) is 38.3. The zero-order chi connectivity index (χ0) is 29.4. The number of rotatable bonds is 8. The Bertz CT molecular complexity index is 1670. The molecule has 0 N–H and O–H groups in total. The Morgan fingerprint density at radius 1 is 1.10 bits per heavy atom. The van der Waals surface area contributed by atoms with E-state index < -0.39 is 23.5 Å². The third kappa shape index (κ3) is 5.42. The lowest BCUT2D eigenvalue weighted by molar-refractivity contribution is -0.0892. The number of alkyl halides is 2. The minimum Gasteiger partial charge on any atom is -0.497 e. The molecule has 220 valence electrons. The van der Waals surface area contributed by atoms with Gasteiger partial charge in [-0.25, -0.2) is 23.5 Å². The Hall–Kier alpha value is -4.06. The number of methoxy groups -OCH3 is 2. The van der Waals surface area contributed by atoms with E-state index in [2.05, 4.69) is 4.98 Å². The molecule has 6 rings (SSSR count). The molecule has 1 amide bonds. The molecule has 12 heteroatoms. The highest BCUT2D eigenvalue weighted by Crippen LogP contribution is 2.48. The van der Waals surface area contributed by atoms with Crippen LogP contribution in [0.3, 0.4) is 0 Å². The van der Waals surface area contributed by atoms with Gasteiger partial charge in [0.1, 0.15) is 28.9 Å². The van der Waals surface area contributed by atoms with Crippen LogP contribution in [-0.2, 0) is 17.9 Å². The van der Waals surface area contributed by atoms with Crippen molar-refractivity contribution in [2.45, 2.75) is 56.7 Å². The maximum absolute atomic E-state index is 13.9. The van der Waals surface area contributed by atoms with Crippen molar-refractivity contribution >= 4 is 27.8 Å². The first-order valence-corrected chi connectivity index (χ1v) is 14.5. The number of nitrogens with zero attached hydrogens (tertiary/aromatic N) is 4. The average Bonchev–Trinajstić information content (AvgIpc) is 3.64. The van der Waals surface area contributed by atoms with E-state index in [1.54, 1.807) is 30.2 Å². The molecule has 4 aromatic rings. The van der Waals surface area contributed by atoms with E-state index in [0.29, 0.717) is 45.7 Å². The third-order valence-corrected chi connectivity index (χ3v) is 8.87. The number of thiazole rings is 1. The molecule has 0 unspecified atom stereocenters. The summed E-state index contributed by atoms with van der Waals surface area (Å²) in [6.45, 7) is 0.728. The van der Waals surface area contributed by atoms with Gasteiger partial charge in [-0.05, 0) is 30.5 Å². The number of amides is 1. The van der Waals surface area contributed by atoms with Gasteiger partial charge in [0, 0.05) is 36.9 Å². The second kappa shape index (κ2) is 11.3. The van der Waals surface area contributed by atoms with Crippen LogP contribution in [0.5, 0.6) is 11.5 Å². The van der Waals surface area contributed by atoms with Gasteiger partial charge in [-0.3, -0.25) is 14.3 Å². The van der Waals surface area contributed by atoms with Gasteiger partial charge in [-0.1, -0.05) is 41.7 Å². The van der Waals surface area contributed by atoms with Crippen molar-refractivity contribution in [1.82, 2.24) is 19.4 Å². The molecular formula is C30H30F2N4O5S. The predicted octanol–water partition coefficient (Wildman–Crippen LogP) is 5.90. The molecule has 42 heavy (non-hydrogen) atoms. The first kappa shape index (κ1) is 28.1. The SMILES string of the molecule is COc1ccc(Cn2c(C3CC(F)(F)C3)nc3sc([C@H]4CCCN4C(=O)OCc4ccccc4)nc3c2=O)c(OC)c1. The van der Waals surface area contributed by atoms with Crippen molar-refractivity contribution in [2.24, 2.45) is 0 Å². The largest absolute Gasteiger partial charge is 0.497 e. The number of hydrogen-bond donors (Lipinski definition) is 0. The van der Waals surface area contributed by atoms with Crippen LogP contribution in [0.15, 0.2) is 53.3 Å². The molecular weight excluding hydrogens is 566 g/mol. The zero-order valence-corrected chi connectivity index (χ0v) is 24.0. The van der Waals surface area contributed by atoms with E-state index in [1.807, 2.05) is 30.3 Å². The van der Waals surface area contributed by atoms with E-state index in [0.717, 1.165) is 12.0 Å². The van der Waals surface area contributed by atoms with Gasteiger partial charge in [-0.2, -0.15) is 0 Å². The van der Waals surface area contributed by atoms with Crippen molar-refractivity contribution in [3.8, 4) is 11.5 Å². The average molecular weight is 597 g/mol. The fraction of sp³-hybridized carbons (Fsp3) is 0.400. The van der Waals surface area contributed by atoms with Crippen molar-refractivity contribution in [1.29, 1.82) is 0 Å². The topological polar surface area (TPSA) is 95.8 Å². The lowest BCUT2D eigenvalue weighted by atomic mass is 9.80. The third-order valence-electron chi connectivity index (χ3n) is 7.82. The molecule has 9 nitrogen and oxygen atoms in total. The summed E-state index contributed by atoms with van der Waals surface area (Å²) in [5, 5.41) is 0.577. The molecule has 1 aliphatic heterocycles. The van der Waals surface area contributed by atoms with Gasteiger partial charge in [-0.15, -0.1) is 0 Å². The summed E-state index contributed by atoms with van der Waals surface area (Å²) in [5.74, 6) is -1.97. The fourth-order valence-corrected chi connectivity index (χ4v) is 6.67. The number of hydrogen-bond acceptors (Lipinski definition) is 8. The number of likely N-dealkylation sites (tertiary alicyclic amines) is 1. The van der Waals surface area contributed by atoms with Gasteiger partial charge >= 0.3 is 6.09 Å². The first-order chi connectivity index (χ1) is 20.3. The number of ether oxygens (including phenoxy) is 3. The summed E-state index contributed by atoms with van der Waals surface area (Å²) in [6.07, 6.45) is 0.229. The van der Waals surface area contributed by atoms with Crippen LogP contribution < -0.4 is 15.0 Å². The second-order valence-electron chi connectivity index (χ2n) is 10.6. The van der Waals surface area contributed by atoms with Crippen LogP contribution in [0, 0.1) is 0 Å². The molecule has 2 fully saturated rings. The summed E-state index contributed by atoms with van der Waals surface area (Å²) >= 11 is 1.22. The Kier molecular flexibility index (Phi) is 7.56. The highest BCUT2D eigenvalue weighted by Gasteiger charge is 2.48. The second-order valence-corrected chi connectivity index (χ2v) is 11.6. The van der Waals surface area contributed by atoms with E-state index >= 15 is 0 Å². The van der Waals surface area contributed by atoms with Gasteiger partial charge in [0.2, 0.25) is 5.92 Å². The molecule has 0 radical (unpaired) electrons. The van der Waals surface area contributed by atoms with E-state index in [-0.39, 0.29) is 37.6 Å². The van der Waals surface area contributed by atoms with Crippen LogP contribution in [0.2, 0.25) is 0 Å². The molecule has 2 aliphatic rings. The van der Waals surface area contributed by atoms with Gasteiger partial charge in [0.05, 0.1) is 26.8 Å². The van der Waals surface area contributed by atoms with Gasteiger partial charge in [0.25, 0.3) is 5.56 Å². The monoisotopic (exact) mass is 596 g/mol. The Balaban J connectivity index is 1.33. The Labute approximate surface area is 244 Å². The lowest BCUT2D eigenvalue weighted by Gasteiger charge is -2.35. The minimum absolute atomic E-state index is 0.0700. The van der Waals surface area contributed by atoms with Crippen molar-refractivity contribution < 1.29 is 27.8 Å². The highest BCUT2D eigenvalue weighted by molar-refractivity contribution is 7.18. The highest BCUT2D eigenvalue weighted by atomic mass is 32.1. The molecule has 2 aromatic heterocycles. The number of carbonyl (C=O) groups is 1. The lowest BCUT2D eigenvalue weighted by Crippen LogP contribution is -2.38. The van der Waals surface area contributed by atoms with Crippen LogP contribution in [0.1, 0.15) is 59.6 Å². The van der Waals surface area contributed by atoms with Crippen molar-refractivity contribution in [3.05, 3.63) is 80.8 Å². The maximum Gasteiger partial charge on any atom is 0.410 e. The number of benzene rings is 2. The molecule has 3 heterocycles. The summed E-state index contributed by atoms with van der Waals surface area (Å²) in [5.41, 5.74) is 1.30. The quantitative estimate of drug-likeness (QED) is 0.250. The van der Waals surface area contributed by atoms with E-state index in [4.69, 9.17) is 19.2 Å². The fourth-order valence-electron chi connectivity index (χ4n) is 5.59. The van der Waals surface area contributed by atoms with Gasteiger partial charge in [0.15, 0.2) is 10.3 Å². The molecule has 0 bridgehead atoms. The Morgan fingerprint density at radius 3 is 2.60 bits per heavy atom. The Morgan fingerprint density at radius 2 is 1.88 bits per heavy atom. The van der Waals surface area contributed by atoms with E-state index in [9.17, 15) is 18.4 Å². The maximum atomic E-state index is 13.9. The van der Waals surface area contributed by atoms with Crippen molar-refractivity contribution in [3.63, 3.8) is 0 Å². The summed E-state index contributed by atoms with van der Waals surface area (Å²) < 4.78 is 45.7. The predicted molar refractivity (Wildman–Crippen MR) is 153 cm³/mol. The molecule has 1 aliphatic carbocycles. The first-order valence-electron chi connectivity index (χ1n) is 13.7. The molecule has 1 atom stereocenters. The molecule has 1 saturated heterocycles. The summed E-state index contributed by atoms with van der Waals surface area (Å²) in [6, 6.07) is 14.3. The number of carbonyl (C=O) groups excluding carboxylic acids is 1. The standard InChI is InChI=1S/C30H30F2N4O5S/c1-39-21-11-10-19(23(13-21)40-2)16-36-25(20-14-30(31,32)15-20)34-27-24(28(36)37)33-26(42-27)22-9-6-12-35(22)29(38)41-17-18-7-4-3-5-8-18/h3-5,7-8,10-11,13,20,22H,6,9,12,14-17H2,1-2H3/t22-/m1/s1.